The van der Waals surface area contributed by atoms with E-state index in [1.807, 2.05) is 10.6 Å². The van der Waals surface area contributed by atoms with Gasteiger partial charge in [-0.1, -0.05) is 37.3 Å². The Morgan fingerprint density at radius 3 is 2.83 bits per heavy atom. The van der Waals surface area contributed by atoms with Crippen molar-refractivity contribution in [2.24, 2.45) is 12.0 Å². The predicted octanol–water partition coefficient (Wildman–Crippen LogP) is 3.49. The predicted molar refractivity (Wildman–Crippen MR) is 97.2 cm³/mol. The number of aryl methyl sites for hydroxylation is 1. The summed E-state index contributed by atoms with van der Waals surface area (Å²) in [6.07, 6.45) is 3.55. The van der Waals surface area contributed by atoms with E-state index in [0.717, 1.165) is 10.2 Å². The van der Waals surface area contributed by atoms with Gasteiger partial charge in [0.15, 0.2) is 10.5 Å². The molecule has 6 heteroatoms. The molecule has 3 aromatic rings. The quantitative estimate of drug-likeness (QED) is 0.683. The minimum absolute atomic E-state index is 0.330. The number of amides is 1. The lowest BCUT2D eigenvalue weighted by atomic mass is 10.0. The van der Waals surface area contributed by atoms with Crippen LogP contribution in [-0.4, -0.2) is 20.3 Å². The van der Waals surface area contributed by atoms with Crippen LogP contribution < -0.4 is 4.80 Å². The van der Waals surface area contributed by atoms with Crippen molar-refractivity contribution >= 4 is 27.5 Å². The van der Waals surface area contributed by atoms with Crippen molar-refractivity contribution in [3.63, 3.8) is 0 Å². The third-order valence-corrected chi connectivity index (χ3v) is 4.86. The van der Waals surface area contributed by atoms with Gasteiger partial charge >= 0.3 is 0 Å². The van der Waals surface area contributed by atoms with Crippen LogP contribution in [0.25, 0.3) is 10.2 Å². The first kappa shape index (κ1) is 16.4. The van der Waals surface area contributed by atoms with Crippen molar-refractivity contribution in [1.29, 1.82) is 0 Å². The van der Waals surface area contributed by atoms with Crippen molar-refractivity contribution in [3.05, 3.63) is 59.2 Å². The molecule has 1 aromatic carbocycles. The lowest BCUT2D eigenvalue weighted by Gasteiger charge is -2.05. The summed E-state index contributed by atoms with van der Waals surface area (Å²) in [5, 5.41) is 4.12. The van der Waals surface area contributed by atoms with Crippen LogP contribution in [0.15, 0.2) is 48.1 Å². The molecule has 1 amide bonds. The number of rotatable bonds is 4. The number of thiazole rings is 1. The van der Waals surface area contributed by atoms with E-state index in [1.165, 1.54) is 16.9 Å². The number of aromatic nitrogens is 3. The van der Waals surface area contributed by atoms with Gasteiger partial charge in [0.25, 0.3) is 5.91 Å². The fourth-order valence-corrected chi connectivity index (χ4v) is 3.60. The highest BCUT2D eigenvalue weighted by Crippen LogP contribution is 2.23. The van der Waals surface area contributed by atoms with Gasteiger partial charge in [-0.15, -0.1) is 6.58 Å². The monoisotopic (exact) mass is 340 g/mol. The largest absolute Gasteiger partial charge is 0.312 e. The molecule has 0 atom stereocenters. The van der Waals surface area contributed by atoms with Gasteiger partial charge in [-0.2, -0.15) is 10.1 Å². The Morgan fingerprint density at radius 1 is 1.42 bits per heavy atom. The third kappa shape index (κ3) is 3.10. The van der Waals surface area contributed by atoms with E-state index in [2.05, 4.69) is 48.7 Å². The molecule has 0 radical (unpaired) electrons. The number of allylic oxidation sites excluding steroid dienone is 1. The molecule has 0 unspecified atom stereocenters. The van der Waals surface area contributed by atoms with Crippen molar-refractivity contribution in [1.82, 2.24) is 14.3 Å². The van der Waals surface area contributed by atoms with E-state index < -0.39 is 0 Å². The summed E-state index contributed by atoms with van der Waals surface area (Å²) in [6, 6.07) is 8.07. The molecule has 2 heterocycles. The zero-order valence-corrected chi connectivity index (χ0v) is 14.9. The maximum Gasteiger partial charge on any atom is 0.300 e. The van der Waals surface area contributed by atoms with Crippen LogP contribution in [0.5, 0.6) is 0 Å². The molecule has 24 heavy (non-hydrogen) atoms. The lowest BCUT2D eigenvalue weighted by molar-refractivity contribution is 0.0992. The molecule has 124 valence electrons. The van der Waals surface area contributed by atoms with Crippen molar-refractivity contribution in [2.75, 3.05) is 0 Å². The summed E-state index contributed by atoms with van der Waals surface area (Å²) in [6.45, 7) is 8.76. The van der Waals surface area contributed by atoms with E-state index >= 15 is 0 Å². The Balaban J connectivity index is 2.15. The molecule has 0 saturated carbocycles. The van der Waals surface area contributed by atoms with E-state index in [1.54, 1.807) is 24.0 Å². The number of hydrogen-bond donors (Lipinski definition) is 0. The SMILES string of the molecule is C=CCn1c(=NC(=O)c2ccn(C)n2)sc2cc(C(C)C)ccc21. The maximum atomic E-state index is 12.4. The second kappa shape index (κ2) is 6.57. The van der Waals surface area contributed by atoms with Crippen LogP contribution in [0, 0.1) is 0 Å². The molecule has 0 fully saturated rings. The van der Waals surface area contributed by atoms with Crippen LogP contribution in [0.3, 0.4) is 0 Å². The Kier molecular flexibility index (Phi) is 4.49. The van der Waals surface area contributed by atoms with Crippen molar-refractivity contribution < 1.29 is 4.79 Å². The van der Waals surface area contributed by atoms with Crippen LogP contribution in [0.1, 0.15) is 35.8 Å². The number of hydrogen-bond acceptors (Lipinski definition) is 3. The summed E-state index contributed by atoms with van der Waals surface area (Å²) in [7, 11) is 1.78. The molecule has 5 nitrogen and oxygen atoms in total. The molecule has 2 aromatic heterocycles. The number of fused-ring (bicyclic) bond motifs is 1. The fraction of sp³-hybridized carbons (Fsp3) is 0.278. The number of nitrogens with zero attached hydrogens (tertiary/aromatic N) is 4. The minimum atomic E-state index is -0.330. The number of carbonyl (C=O) groups excluding carboxylic acids is 1. The molecule has 0 spiro atoms. The van der Waals surface area contributed by atoms with Gasteiger partial charge in [-0.3, -0.25) is 9.48 Å². The van der Waals surface area contributed by atoms with Gasteiger partial charge < -0.3 is 4.57 Å². The fourth-order valence-electron chi connectivity index (χ4n) is 2.51. The molecular formula is C18H20N4OS. The topological polar surface area (TPSA) is 52.2 Å². The van der Waals surface area contributed by atoms with Crippen molar-refractivity contribution in [2.45, 2.75) is 26.3 Å². The van der Waals surface area contributed by atoms with Gasteiger partial charge in [-0.25, -0.2) is 0 Å². The van der Waals surface area contributed by atoms with Crippen LogP contribution in [-0.2, 0) is 13.6 Å². The highest BCUT2D eigenvalue weighted by molar-refractivity contribution is 7.16. The summed E-state index contributed by atoms with van der Waals surface area (Å²) in [4.78, 5) is 17.3. The molecule has 0 aliphatic rings. The average Bonchev–Trinajstić information content (AvgIpc) is 3.11. The first-order valence-corrected chi connectivity index (χ1v) is 8.64. The first-order valence-electron chi connectivity index (χ1n) is 7.82. The van der Waals surface area contributed by atoms with E-state index in [0.29, 0.717) is 23.0 Å². The zero-order valence-electron chi connectivity index (χ0n) is 14.1. The Labute approximate surface area is 144 Å². The maximum absolute atomic E-state index is 12.4. The van der Waals surface area contributed by atoms with E-state index in [9.17, 15) is 4.79 Å². The minimum Gasteiger partial charge on any atom is -0.312 e. The third-order valence-electron chi connectivity index (χ3n) is 3.82. The molecule has 3 rings (SSSR count). The Hall–Kier alpha value is -2.47. The normalized spacial score (nSPS) is 12.2. The lowest BCUT2D eigenvalue weighted by Crippen LogP contribution is -2.16. The van der Waals surface area contributed by atoms with Gasteiger partial charge in [-0.05, 0) is 29.7 Å². The van der Waals surface area contributed by atoms with Gasteiger partial charge in [0.1, 0.15) is 0 Å². The van der Waals surface area contributed by atoms with E-state index in [-0.39, 0.29) is 5.91 Å². The second-order valence-electron chi connectivity index (χ2n) is 5.96. The number of carbonyl (C=O) groups is 1. The average molecular weight is 340 g/mol. The smallest absolute Gasteiger partial charge is 0.300 e. The van der Waals surface area contributed by atoms with Gasteiger partial charge in [0.2, 0.25) is 0 Å². The van der Waals surface area contributed by atoms with Crippen LogP contribution in [0.2, 0.25) is 0 Å². The molecule has 0 aliphatic carbocycles. The number of benzene rings is 1. The molecule has 0 aliphatic heterocycles. The molecule has 0 bridgehead atoms. The van der Waals surface area contributed by atoms with E-state index in [4.69, 9.17) is 0 Å². The Bertz CT molecular complexity index is 974. The molecule has 0 N–H and O–H groups in total. The standard InChI is InChI=1S/C18H20N4OS/c1-5-9-22-15-7-6-13(12(2)3)11-16(15)24-18(22)19-17(23)14-8-10-21(4)20-14/h5-8,10-12H,1,9H2,2-4H3. The van der Waals surface area contributed by atoms with Crippen LogP contribution >= 0.6 is 11.3 Å². The highest BCUT2D eigenvalue weighted by atomic mass is 32.1. The summed E-state index contributed by atoms with van der Waals surface area (Å²) in [5.41, 5.74) is 2.69. The summed E-state index contributed by atoms with van der Waals surface area (Å²) < 4.78 is 4.73. The van der Waals surface area contributed by atoms with Gasteiger partial charge in [0, 0.05) is 19.8 Å². The first-order chi connectivity index (χ1) is 11.5. The van der Waals surface area contributed by atoms with Crippen LogP contribution in [0.4, 0.5) is 0 Å². The zero-order chi connectivity index (χ0) is 17.3. The van der Waals surface area contributed by atoms with Gasteiger partial charge in [0.05, 0.1) is 10.2 Å². The van der Waals surface area contributed by atoms with Crippen molar-refractivity contribution in [3.8, 4) is 0 Å². The molecule has 0 saturated heterocycles. The summed E-state index contributed by atoms with van der Waals surface area (Å²) >= 11 is 1.52. The molecular weight excluding hydrogens is 320 g/mol. The summed E-state index contributed by atoms with van der Waals surface area (Å²) in [5.74, 6) is 0.129. The Morgan fingerprint density at radius 2 is 2.21 bits per heavy atom. The highest BCUT2D eigenvalue weighted by Gasteiger charge is 2.11. The second-order valence-corrected chi connectivity index (χ2v) is 6.97.